The highest BCUT2D eigenvalue weighted by molar-refractivity contribution is 6.66. The second-order valence-corrected chi connectivity index (χ2v) is 6.41. The summed E-state index contributed by atoms with van der Waals surface area (Å²) in [7, 11) is -0.110. The van der Waals surface area contributed by atoms with Gasteiger partial charge in [0.1, 0.15) is 0 Å². The largest absolute Gasteiger partial charge is 0.398 e. The minimum absolute atomic E-state index is 0.693. The smallest absolute Gasteiger partial charge is 0.334 e. The zero-order valence-electron chi connectivity index (χ0n) is 7.52. The van der Waals surface area contributed by atoms with Crippen LogP contribution in [0.5, 0.6) is 0 Å². The number of hydrogen-bond acceptors (Lipinski definition) is 2. The first-order valence-electron chi connectivity index (χ1n) is 3.93. The molecule has 0 radical (unpaired) electrons. The summed E-state index contributed by atoms with van der Waals surface area (Å²) in [6, 6.07) is 0.987. The van der Waals surface area contributed by atoms with Crippen LogP contribution in [0.25, 0.3) is 0 Å². The first-order valence-corrected chi connectivity index (χ1v) is 6.99. The lowest BCUT2D eigenvalue weighted by molar-refractivity contribution is 0.215. The average Bonchev–Trinajstić information content (AvgIpc) is 2.02. The Morgan fingerprint density at radius 1 is 1.45 bits per heavy atom. The van der Waals surface area contributed by atoms with Gasteiger partial charge in [0, 0.05) is 19.6 Å². The Balaban J connectivity index is 3.68. The zero-order valence-corrected chi connectivity index (χ0v) is 9.28. The fourth-order valence-corrected chi connectivity index (χ4v) is 3.18. The molecular formula is C7H17ClO2Si. The van der Waals surface area contributed by atoms with Gasteiger partial charge in [0.05, 0.1) is 0 Å². The Hall–Kier alpha value is 0.427. The van der Waals surface area contributed by atoms with Crippen LogP contribution < -0.4 is 0 Å². The SMILES string of the molecule is CCO[Si](C)(CCCCl)OC. The van der Waals surface area contributed by atoms with Gasteiger partial charge in [-0.25, -0.2) is 0 Å². The molecule has 68 valence electrons. The predicted octanol–water partition coefficient (Wildman–Crippen LogP) is 2.37. The van der Waals surface area contributed by atoms with Gasteiger partial charge in [-0.3, -0.25) is 0 Å². The van der Waals surface area contributed by atoms with E-state index in [0.717, 1.165) is 19.1 Å². The summed E-state index contributed by atoms with van der Waals surface area (Å²) >= 11 is 5.58. The van der Waals surface area contributed by atoms with Crippen molar-refractivity contribution in [3.05, 3.63) is 0 Å². The quantitative estimate of drug-likeness (QED) is 0.480. The van der Waals surface area contributed by atoms with Gasteiger partial charge in [-0.05, 0) is 25.9 Å². The van der Waals surface area contributed by atoms with E-state index >= 15 is 0 Å². The van der Waals surface area contributed by atoms with Crippen molar-refractivity contribution >= 4 is 20.2 Å². The van der Waals surface area contributed by atoms with Crippen LogP contribution in [0.1, 0.15) is 13.3 Å². The van der Waals surface area contributed by atoms with Gasteiger partial charge in [0.25, 0.3) is 0 Å². The number of hydrogen-bond donors (Lipinski definition) is 0. The third kappa shape index (κ3) is 4.79. The van der Waals surface area contributed by atoms with Gasteiger partial charge >= 0.3 is 8.56 Å². The van der Waals surface area contributed by atoms with Crippen molar-refractivity contribution in [2.75, 3.05) is 19.6 Å². The molecule has 0 aromatic carbocycles. The molecule has 1 atom stereocenters. The van der Waals surface area contributed by atoms with E-state index < -0.39 is 8.56 Å². The molecule has 0 aliphatic carbocycles. The van der Waals surface area contributed by atoms with E-state index in [9.17, 15) is 0 Å². The van der Waals surface area contributed by atoms with Crippen LogP contribution in [-0.2, 0) is 8.85 Å². The molecule has 0 amide bonds. The number of halogens is 1. The minimum atomic E-state index is -1.83. The van der Waals surface area contributed by atoms with E-state index in [1.807, 2.05) is 6.92 Å². The van der Waals surface area contributed by atoms with Gasteiger partial charge in [-0.1, -0.05) is 0 Å². The molecular weight excluding hydrogens is 180 g/mol. The Kier molecular flexibility index (Phi) is 6.23. The highest BCUT2D eigenvalue weighted by Gasteiger charge is 2.28. The van der Waals surface area contributed by atoms with E-state index in [1.165, 1.54) is 0 Å². The molecule has 4 heteroatoms. The summed E-state index contributed by atoms with van der Waals surface area (Å²) in [5.41, 5.74) is 0. The zero-order chi connectivity index (χ0) is 8.74. The molecule has 0 fully saturated rings. The summed E-state index contributed by atoms with van der Waals surface area (Å²) in [5, 5.41) is 0. The number of rotatable bonds is 6. The molecule has 0 aliphatic rings. The molecule has 0 N–H and O–H groups in total. The molecule has 11 heavy (non-hydrogen) atoms. The van der Waals surface area contributed by atoms with E-state index in [0.29, 0.717) is 5.88 Å². The molecule has 0 aromatic heterocycles. The van der Waals surface area contributed by atoms with Crippen molar-refractivity contribution < 1.29 is 8.85 Å². The Labute approximate surface area is 75.1 Å². The summed E-state index contributed by atoms with van der Waals surface area (Å²) in [4.78, 5) is 0. The third-order valence-electron chi connectivity index (χ3n) is 1.65. The first kappa shape index (κ1) is 11.4. The maximum atomic E-state index is 5.58. The Morgan fingerprint density at radius 2 is 2.09 bits per heavy atom. The highest BCUT2D eigenvalue weighted by atomic mass is 35.5. The van der Waals surface area contributed by atoms with Gasteiger partial charge in [-0.15, -0.1) is 11.6 Å². The molecule has 0 bridgehead atoms. The number of alkyl halides is 1. The fourth-order valence-electron chi connectivity index (χ4n) is 0.926. The molecule has 0 saturated carbocycles. The lowest BCUT2D eigenvalue weighted by Crippen LogP contribution is -2.37. The van der Waals surface area contributed by atoms with E-state index in [4.69, 9.17) is 20.5 Å². The normalized spacial score (nSPS) is 16.4. The molecule has 0 saturated heterocycles. The second kappa shape index (κ2) is 6.00. The fraction of sp³-hybridized carbons (Fsp3) is 1.00. The first-order chi connectivity index (χ1) is 5.18. The third-order valence-corrected chi connectivity index (χ3v) is 4.94. The van der Waals surface area contributed by atoms with Crippen LogP contribution in [0.2, 0.25) is 12.6 Å². The maximum Gasteiger partial charge on any atom is 0.334 e. The Morgan fingerprint density at radius 3 is 2.45 bits per heavy atom. The van der Waals surface area contributed by atoms with Crippen molar-refractivity contribution in [1.82, 2.24) is 0 Å². The highest BCUT2D eigenvalue weighted by Crippen LogP contribution is 2.14. The minimum Gasteiger partial charge on any atom is -0.398 e. The van der Waals surface area contributed by atoms with E-state index in [2.05, 4.69) is 6.55 Å². The standard InChI is InChI=1S/C7H17ClO2Si/c1-4-10-11(3,9-2)7-5-6-8/h4-7H2,1-3H3. The van der Waals surface area contributed by atoms with Gasteiger partial charge in [0.2, 0.25) is 0 Å². The Bertz CT molecular complexity index is 102. The van der Waals surface area contributed by atoms with Crippen molar-refractivity contribution in [2.45, 2.75) is 25.9 Å². The van der Waals surface area contributed by atoms with Gasteiger partial charge in [0.15, 0.2) is 0 Å². The second-order valence-electron chi connectivity index (χ2n) is 2.56. The molecule has 0 rings (SSSR count). The van der Waals surface area contributed by atoms with Crippen LogP contribution in [0.15, 0.2) is 0 Å². The molecule has 0 spiro atoms. The van der Waals surface area contributed by atoms with Crippen molar-refractivity contribution in [3.63, 3.8) is 0 Å². The van der Waals surface area contributed by atoms with Crippen LogP contribution >= 0.6 is 11.6 Å². The van der Waals surface area contributed by atoms with E-state index in [1.54, 1.807) is 7.11 Å². The predicted molar refractivity (Wildman–Crippen MR) is 50.4 cm³/mol. The monoisotopic (exact) mass is 196 g/mol. The summed E-state index contributed by atoms with van der Waals surface area (Å²) < 4.78 is 10.9. The van der Waals surface area contributed by atoms with Crippen LogP contribution in [-0.4, -0.2) is 28.2 Å². The van der Waals surface area contributed by atoms with Crippen LogP contribution in [0, 0.1) is 0 Å². The van der Waals surface area contributed by atoms with Gasteiger partial charge < -0.3 is 8.85 Å². The maximum absolute atomic E-state index is 5.58. The van der Waals surface area contributed by atoms with Crippen molar-refractivity contribution in [3.8, 4) is 0 Å². The summed E-state index contributed by atoms with van der Waals surface area (Å²) in [5.74, 6) is 0.693. The molecule has 2 nitrogen and oxygen atoms in total. The van der Waals surface area contributed by atoms with E-state index in [-0.39, 0.29) is 0 Å². The van der Waals surface area contributed by atoms with Crippen molar-refractivity contribution in [2.24, 2.45) is 0 Å². The lowest BCUT2D eigenvalue weighted by atomic mass is 10.6. The lowest BCUT2D eigenvalue weighted by Gasteiger charge is -2.23. The van der Waals surface area contributed by atoms with Crippen LogP contribution in [0.4, 0.5) is 0 Å². The average molecular weight is 197 g/mol. The topological polar surface area (TPSA) is 18.5 Å². The van der Waals surface area contributed by atoms with Crippen molar-refractivity contribution in [1.29, 1.82) is 0 Å². The summed E-state index contributed by atoms with van der Waals surface area (Å²) in [6.45, 7) is 4.80. The van der Waals surface area contributed by atoms with Crippen LogP contribution in [0.3, 0.4) is 0 Å². The molecule has 0 aromatic rings. The van der Waals surface area contributed by atoms with Gasteiger partial charge in [-0.2, -0.15) is 0 Å². The summed E-state index contributed by atoms with van der Waals surface area (Å²) in [6.07, 6.45) is 0.984. The molecule has 0 aliphatic heterocycles. The molecule has 1 unspecified atom stereocenters. The molecule has 0 heterocycles.